The number of hydrogen-bond acceptors (Lipinski definition) is 6. The predicted molar refractivity (Wildman–Crippen MR) is 90.0 cm³/mol. The summed E-state index contributed by atoms with van der Waals surface area (Å²) in [6, 6.07) is 3.34. The average molecular weight is 332 g/mol. The van der Waals surface area contributed by atoms with Crippen LogP contribution in [0.1, 0.15) is 28.2 Å². The molecule has 0 aliphatic carbocycles. The van der Waals surface area contributed by atoms with Gasteiger partial charge >= 0.3 is 0 Å². The van der Waals surface area contributed by atoms with Crippen molar-refractivity contribution in [1.29, 1.82) is 0 Å². The van der Waals surface area contributed by atoms with Crippen molar-refractivity contribution in [2.75, 3.05) is 24.6 Å². The van der Waals surface area contributed by atoms with Gasteiger partial charge in [0.25, 0.3) is 5.91 Å². The summed E-state index contributed by atoms with van der Waals surface area (Å²) in [5.41, 5.74) is 5.46. The Bertz CT molecular complexity index is 680. The highest BCUT2D eigenvalue weighted by Crippen LogP contribution is 2.27. The third kappa shape index (κ3) is 3.98. The molecule has 1 aliphatic heterocycles. The molecule has 23 heavy (non-hydrogen) atoms. The molecule has 7 heteroatoms. The van der Waals surface area contributed by atoms with E-state index in [9.17, 15) is 4.79 Å². The smallest absolute Gasteiger partial charge is 0.267 e. The Balaban J connectivity index is 1.49. The van der Waals surface area contributed by atoms with E-state index >= 15 is 0 Å². The largest absolute Gasteiger partial charge is 0.493 e. The highest BCUT2D eigenvalue weighted by molar-refractivity contribution is 7.15. The van der Waals surface area contributed by atoms with E-state index in [1.165, 1.54) is 4.88 Å². The van der Waals surface area contributed by atoms with Crippen LogP contribution in [0.25, 0.3) is 0 Å². The maximum absolute atomic E-state index is 11.1. The molecule has 1 amide bonds. The summed E-state index contributed by atoms with van der Waals surface area (Å²) in [6.07, 6.45) is 5.62. The quantitative estimate of drug-likeness (QED) is 0.908. The summed E-state index contributed by atoms with van der Waals surface area (Å²) >= 11 is 1.74. The third-order valence-corrected chi connectivity index (χ3v) is 4.94. The molecule has 2 aromatic rings. The zero-order valence-corrected chi connectivity index (χ0v) is 13.9. The van der Waals surface area contributed by atoms with Crippen LogP contribution in [0.15, 0.2) is 24.5 Å². The monoisotopic (exact) mass is 332 g/mol. The number of anilines is 1. The lowest BCUT2D eigenvalue weighted by Crippen LogP contribution is -2.35. The van der Waals surface area contributed by atoms with E-state index in [1.54, 1.807) is 29.7 Å². The molecule has 122 valence electrons. The van der Waals surface area contributed by atoms with Gasteiger partial charge in [-0.25, -0.2) is 4.98 Å². The van der Waals surface area contributed by atoms with E-state index in [0.29, 0.717) is 18.3 Å². The number of aromatic nitrogens is 2. The topological polar surface area (TPSA) is 81.3 Å². The number of rotatable bonds is 5. The number of amides is 1. The predicted octanol–water partition coefficient (Wildman–Crippen LogP) is 2.24. The average Bonchev–Trinajstić information content (AvgIpc) is 3.00. The Kier molecular flexibility index (Phi) is 4.76. The Morgan fingerprint density at radius 3 is 2.87 bits per heavy atom. The van der Waals surface area contributed by atoms with Crippen LogP contribution >= 0.6 is 11.3 Å². The van der Waals surface area contributed by atoms with E-state index < -0.39 is 5.91 Å². The SMILES string of the molecule is Cc1cnc(N2CCC(COc3ccnc(C(N)=O)c3)CC2)s1. The second-order valence-electron chi connectivity index (χ2n) is 5.74. The van der Waals surface area contributed by atoms with Gasteiger partial charge in [0.15, 0.2) is 5.13 Å². The number of nitrogens with zero attached hydrogens (tertiary/aromatic N) is 3. The first-order valence-electron chi connectivity index (χ1n) is 7.68. The molecular formula is C16H20N4O2S. The number of nitrogens with two attached hydrogens (primary N) is 1. The fourth-order valence-electron chi connectivity index (χ4n) is 2.63. The zero-order valence-electron chi connectivity index (χ0n) is 13.1. The van der Waals surface area contributed by atoms with Crippen LogP contribution in [-0.2, 0) is 0 Å². The van der Waals surface area contributed by atoms with Crippen molar-refractivity contribution in [3.8, 4) is 5.75 Å². The van der Waals surface area contributed by atoms with Gasteiger partial charge < -0.3 is 15.4 Å². The second-order valence-corrected chi connectivity index (χ2v) is 6.95. The van der Waals surface area contributed by atoms with Crippen LogP contribution in [0.2, 0.25) is 0 Å². The Hall–Kier alpha value is -2.15. The molecule has 0 spiro atoms. The highest BCUT2D eigenvalue weighted by Gasteiger charge is 2.21. The van der Waals surface area contributed by atoms with Gasteiger partial charge in [0.05, 0.1) is 6.61 Å². The first-order valence-corrected chi connectivity index (χ1v) is 8.49. The number of primary amides is 1. The van der Waals surface area contributed by atoms with Gasteiger partial charge in [-0.2, -0.15) is 0 Å². The van der Waals surface area contributed by atoms with E-state index in [2.05, 4.69) is 21.8 Å². The van der Waals surface area contributed by atoms with E-state index in [4.69, 9.17) is 10.5 Å². The second kappa shape index (κ2) is 6.95. The summed E-state index contributed by atoms with van der Waals surface area (Å²) < 4.78 is 5.80. The maximum atomic E-state index is 11.1. The van der Waals surface area contributed by atoms with Crippen molar-refractivity contribution in [2.24, 2.45) is 11.7 Å². The Morgan fingerprint density at radius 1 is 1.43 bits per heavy atom. The molecule has 0 radical (unpaired) electrons. The fraction of sp³-hybridized carbons (Fsp3) is 0.438. The normalized spacial score (nSPS) is 15.6. The molecule has 0 atom stereocenters. The molecule has 2 aromatic heterocycles. The molecule has 3 heterocycles. The van der Waals surface area contributed by atoms with Crippen molar-refractivity contribution in [2.45, 2.75) is 19.8 Å². The molecule has 0 aromatic carbocycles. The van der Waals surface area contributed by atoms with E-state index in [1.807, 2.05) is 6.20 Å². The molecule has 0 bridgehead atoms. The van der Waals surface area contributed by atoms with Crippen LogP contribution < -0.4 is 15.4 Å². The number of carbonyl (C=O) groups is 1. The molecule has 0 unspecified atom stereocenters. The van der Waals surface area contributed by atoms with Gasteiger partial charge in [-0.3, -0.25) is 9.78 Å². The molecule has 3 rings (SSSR count). The molecule has 1 saturated heterocycles. The van der Waals surface area contributed by atoms with Crippen LogP contribution in [0.5, 0.6) is 5.75 Å². The Labute approximate surface area is 139 Å². The molecule has 0 saturated carbocycles. The van der Waals surface area contributed by atoms with Gasteiger partial charge in [-0.05, 0) is 31.7 Å². The van der Waals surface area contributed by atoms with Gasteiger partial charge in [-0.1, -0.05) is 0 Å². The van der Waals surface area contributed by atoms with Crippen molar-refractivity contribution >= 4 is 22.4 Å². The molecular weight excluding hydrogens is 312 g/mol. The van der Waals surface area contributed by atoms with Crippen LogP contribution in [0.3, 0.4) is 0 Å². The van der Waals surface area contributed by atoms with Crippen molar-refractivity contribution in [1.82, 2.24) is 9.97 Å². The van der Waals surface area contributed by atoms with Gasteiger partial charge in [0.2, 0.25) is 0 Å². The summed E-state index contributed by atoms with van der Waals surface area (Å²) in [7, 11) is 0. The fourth-order valence-corrected chi connectivity index (χ4v) is 3.44. The number of piperidine rings is 1. The minimum absolute atomic E-state index is 0.233. The van der Waals surface area contributed by atoms with Gasteiger partial charge in [0.1, 0.15) is 11.4 Å². The first kappa shape index (κ1) is 15.7. The maximum Gasteiger partial charge on any atom is 0.267 e. The van der Waals surface area contributed by atoms with Crippen LogP contribution in [-0.4, -0.2) is 35.6 Å². The summed E-state index contributed by atoms with van der Waals surface area (Å²) in [6.45, 7) is 4.73. The van der Waals surface area contributed by atoms with Gasteiger partial charge in [-0.15, -0.1) is 11.3 Å². The minimum Gasteiger partial charge on any atom is -0.493 e. The van der Waals surface area contributed by atoms with Crippen molar-refractivity contribution in [3.63, 3.8) is 0 Å². The summed E-state index contributed by atoms with van der Waals surface area (Å²) in [4.78, 5) is 23.1. The number of aryl methyl sites for hydroxylation is 1. The lowest BCUT2D eigenvalue weighted by atomic mass is 9.98. The number of pyridine rings is 1. The van der Waals surface area contributed by atoms with Crippen LogP contribution in [0.4, 0.5) is 5.13 Å². The third-order valence-electron chi connectivity index (χ3n) is 3.96. The first-order chi connectivity index (χ1) is 11.1. The molecule has 2 N–H and O–H groups in total. The van der Waals surface area contributed by atoms with Crippen LogP contribution in [0, 0.1) is 12.8 Å². The minimum atomic E-state index is -0.539. The van der Waals surface area contributed by atoms with E-state index in [-0.39, 0.29) is 5.69 Å². The zero-order chi connectivity index (χ0) is 16.2. The number of hydrogen-bond donors (Lipinski definition) is 1. The summed E-state index contributed by atoms with van der Waals surface area (Å²) in [5.74, 6) is 0.617. The number of carbonyl (C=O) groups excluding carboxylic acids is 1. The van der Waals surface area contributed by atoms with Crippen molar-refractivity contribution < 1.29 is 9.53 Å². The molecule has 1 fully saturated rings. The number of ether oxygens (including phenoxy) is 1. The number of thiazole rings is 1. The molecule has 1 aliphatic rings. The summed E-state index contributed by atoms with van der Waals surface area (Å²) in [5, 5.41) is 1.11. The van der Waals surface area contributed by atoms with E-state index in [0.717, 1.165) is 31.1 Å². The van der Waals surface area contributed by atoms with Crippen molar-refractivity contribution in [3.05, 3.63) is 35.1 Å². The Morgan fingerprint density at radius 2 is 2.22 bits per heavy atom. The lowest BCUT2D eigenvalue weighted by molar-refractivity contribution is 0.0995. The van der Waals surface area contributed by atoms with Gasteiger partial charge in [0, 0.05) is 36.4 Å². The lowest BCUT2D eigenvalue weighted by Gasteiger charge is -2.31. The molecule has 6 nitrogen and oxygen atoms in total. The standard InChI is InChI=1S/C16H20N4O2S/c1-11-9-19-16(23-11)20-6-3-12(4-7-20)10-22-13-2-5-18-14(8-13)15(17)21/h2,5,8-9,12H,3-4,6-7,10H2,1H3,(H2,17,21). The highest BCUT2D eigenvalue weighted by atomic mass is 32.1.